The number of nitrogens with zero attached hydrogens (tertiary/aromatic N) is 3. The molecule has 37 heavy (non-hydrogen) atoms. The lowest BCUT2D eigenvalue weighted by Crippen LogP contribution is -2.35. The highest BCUT2D eigenvalue weighted by atomic mass is 35.5. The van der Waals surface area contributed by atoms with Crippen molar-refractivity contribution in [3.63, 3.8) is 0 Å². The molecule has 0 fully saturated rings. The Labute approximate surface area is 222 Å². The quantitative estimate of drug-likeness (QED) is 0.269. The number of fused-ring (bicyclic) bond motifs is 1. The van der Waals surface area contributed by atoms with Crippen LogP contribution >= 0.6 is 11.6 Å². The van der Waals surface area contributed by atoms with E-state index in [1.807, 2.05) is 12.1 Å². The molecule has 1 aliphatic carbocycles. The molecule has 0 unspecified atom stereocenters. The van der Waals surface area contributed by atoms with Gasteiger partial charge in [-0.05, 0) is 62.1 Å². The van der Waals surface area contributed by atoms with Gasteiger partial charge in [0.25, 0.3) is 0 Å². The van der Waals surface area contributed by atoms with Crippen molar-refractivity contribution in [3.05, 3.63) is 58.7 Å². The smallest absolute Gasteiger partial charge is 0.229 e. The van der Waals surface area contributed by atoms with Crippen LogP contribution < -0.4 is 21.2 Å². The van der Waals surface area contributed by atoms with Gasteiger partial charge in [0.2, 0.25) is 5.95 Å². The number of halogens is 1. The van der Waals surface area contributed by atoms with Gasteiger partial charge in [-0.15, -0.1) is 0 Å². The Balaban J connectivity index is 1.69. The molecule has 1 aliphatic rings. The summed E-state index contributed by atoms with van der Waals surface area (Å²) in [5, 5.41) is 9.97. The first kappa shape index (κ1) is 26.7. The fraction of sp³-hybridized carbons (Fsp3) is 0.346. The zero-order valence-corrected chi connectivity index (χ0v) is 23.0. The van der Waals surface area contributed by atoms with E-state index in [2.05, 4.69) is 39.6 Å². The molecule has 0 amide bonds. The van der Waals surface area contributed by atoms with E-state index in [0.717, 1.165) is 29.7 Å². The fourth-order valence-electron chi connectivity index (χ4n) is 4.46. The van der Waals surface area contributed by atoms with Crippen molar-refractivity contribution in [2.24, 2.45) is 10.9 Å². The normalized spacial score (nSPS) is 15.9. The lowest BCUT2D eigenvalue weighted by molar-refractivity contribution is 0.415. The summed E-state index contributed by atoms with van der Waals surface area (Å²) in [6.45, 7) is 7.48. The maximum atomic E-state index is 12.9. The predicted molar refractivity (Wildman–Crippen MR) is 148 cm³/mol. The van der Waals surface area contributed by atoms with Crippen molar-refractivity contribution < 1.29 is 13.2 Å². The standard InChI is InChI=1S/C26H31ClN6O3S/c1-15(2)37(34,35)22-9-7-6-8-19(22)30-24-18(27)14-29-25(32-24)31-20-12-16-10-11-23(33-28)26(3,4)17(16)13-21(20)36-5/h6-9,12-15H,10-11,28H2,1-5H3,(H2,29,30,31,32)/b33-23+. The van der Waals surface area contributed by atoms with Crippen LogP contribution in [0.15, 0.2) is 52.6 Å². The molecule has 3 aromatic rings. The van der Waals surface area contributed by atoms with Crippen molar-refractivity contribution in [3.8, 4) is 5.75 Å². The van der Waals surface area contributed by atoms with Crippen LogP contribution in [0.3, 0.4) is 0 Å². The van der Waals surface area contributed by atoms with Crippen molar-refractivity contribution in [2.75, 3.05) is 17.7 Å². The molecular weight excluding hydrogens is 512 g/mol. The molecule has 0 bridgehead atoms. The van der Waals surface area contributed by atoms with Crippen LogP contribution in [0, 0.1) is 0 Å². The molecule has 11 heteroatoms. The maximum absolute atomic E-state index is 12.9. The number of rotatable bonds is 7. The van der Waals surface area contributed by atoms with Gasteiger partial charge in [-0.25, -0.2) is 13.4 Å². The number of nitrogens with one attached hydrogen (secondary N) is 2. The molecular formula is C26H31ClN6O3S. The molecule has 0 radical (unpaired) electrons. The van der Waals surface area contributed by atoms with E-state index in [1.165, 1.54) is 6.20 Å². The molecule has 2 aromatic carbocycles. The molecule has 9 nitrogen and oxygen atoms in total. The highest BCUT2D eigenvalue weighted by molar-refractivity contribution is 7.92. The topological polar surface area (TPSA) is 132 Å². The molecule has 4 N–H and O–H groups in total. The number of ether oxygens (including phenoxy) is 1. The van der Waals surface area contributed by atoms with Crippen molar-refractivity contribution in [1.29, 1.82) is 0 Å². The molecule has 0 atom stereocenters. The summed E-state index contributed by atoms with van der Waals surface area (Å²) in [4.78, 5) is 9.01. The first-order valence-corrected chi connectivity index (χ1v) is 13.8. The van der Waals surface area contributed by atoms with Gasteiger partial charge in [0.1, 0.15) is 10.8 Å². The summed E-state index contributed by atoms with van der Waals surface area (Å²) in [5.41, 5.74) is 3.97. The zero-order valence-electron chi connectivity index (χ0n) is 21.5. The van der Waals surface area contributed by atoms with Crippen LogP contribution in [0.2, 0.25) is 5.02 Å². The van der Waals surface area contributed by atoms with E-state index in [4.69, 9.17) is 22.2 Å². The average Bonchev–Trinajstić information content (AvgIpc) is 2.86. The Morgan fingerprint density at radius 2 is 1.86 bits per heavy atom. The van der Waals surface area contributed by atoms with E-state index in [9.17, 15) is 8.42 Å². The van der Waals surface area contributed by atoms with E-state index in [-0.39, 0.29) is 27.1 Å². The number of aromatic nitrogens is 2. The van der Waals surface area contributed by atoms with Crippen LogP contribution in [0.5, 0.6) is 5.75 Å². The summed E-state index contributed by atoms with van der Waals surface area (Å²) in [7, 11) is -1.93. The highest BCUT2D eigenvalue weighted by Gasteiger charge is 2.34. The largest absolute Gasteiger partial charge is 0.495 e. The molecule has 0 saturated carbocycles. The van der Waals surface area contributed by atoms with Crippen LogP contribution in [0.25, 0.3) is 0 Å². The minimum atomic E-state index is -3.53. The highest BCUT2D eigenvalue weighted by Crippen LogP contribution is 2.41. The first-order valence-electron chi connectivity index (χ1n) is 11.9. The van der Waals surface area contributed by atoms with E-state index in [0.29, 0.717) is 17.1 Å². The van der Waals surface area contributed by atoms with Crippen LogP contribution in [0.1, 0.15) is 45.2 Å². The molecule has 0 aliphatic heterocycles. The summed E-state index contributed by atoms with van der Waals surface area (Å²) in [5.74, 6) is 6.81. The number of methoxy groups -OCH3 is 1. The Morgan fingerprint density at radius 1 is 1.14 bits per heavy atom. The molecule has 1 heterocycles. The third-order valence-electron chi connectivity index (χ3n) is 6.66. The van der Waals surface area contributed by atoms with E-state index in [1.54, 1.807) is 45.2 Å². The second-order valence-electron chi connectivity index (χ2n) is 9.64. The summed E-state index contributed by atoms with van der Waals surface area (Å²) < 4.78 is 31.4. The Bertz CT molecular complexity index is 1470. The average molecular weight is 543 g/mol. The number of anilines is 4. The number of hydrogen-bond acceptors (Lipinski definition) is 9. The van der Waals surface area contributed by atoms with E-state index >= 15 is 0 Å². The summed E-state index contributed by atoms with van der Waals surface area (Å²) in [6, 6.07) is 10.7. The number of hydrogen-bond donors (Lipinski definition) is 3. The van der Waals surface area contributed by atoms with Gasteiger partial charge in [0.15, 0.2) is 15.7 Å². The van der Waals surface area contributed by atoms with Gasteiger partial charge in [-0.1, -0.05) is 37.6 Å². The third-order valence-corrected chi connectivity index (χ3v) is 9.15. The minimum Gasteiger partial charge on any atom is -0.495 e. The van der Waals surface area contributed by atoms with Gasteiger partial charge < -0.3 is 21.2 Å². The van der Waals surface area contributed by atoms with Crippen molar-refractivity contribution >= 4 is 50.3 Å². The Hall–Kier alpha value is -3.37. The first-order chi connectivity index (χ1) is 17.5. The van der Waals surface area contributed by atoms with Gasteiger partial charge in [-0.2, -0.15) is 10.1 Å². The van der Waals surface area contributed by atoms with Crippen molar-refractivity contribution in [1.82, 2.24) is 9.97 Å². The number of benzene rings is 2. The number of aryl methyl sites for hydroxylation is 1. The second kappa shape index (κ2) is 10.2. The zero-order chi connectivity index (χ0) is 27.0. The molecule has 0 spiro atoms. The monoisotopic (exact) mass is 542 g/mol. The third kappa shape index (κ3) is 5.08. The fourth-order valence-corrected chi connectivity index (χ4v) is 5.80. The van der Waals surface area contributed by atoms with Gasteiger partial charge >= 0.3 is 0 Å². The van der Waals surface area contributed by atoms with Crippen LogP contribution in [-0.4, -0.2) is 36.5 Å². The number of sulfone groups is 1. The minimum absolute atomic E-state index is 0.175. The van der Waals surface area contributed by atoms with Crippen LogP contribution in [-0.2, 0) is 21.7 Å². The predicted octanol–water partition coefficient (Wildman–Crippen LogP) is 5.35. The lowest BCUT2D eigenvalue weighted by atomic mass is 9.71. The van der Waals surface area contributed by atoms with Crippen LogP contribution in [0.4, 0.5) is 23.1 Å². The lowest BCUT2D eigenvalue weighted by Gasteiger charge is -2.34. The molecule has 4 rings (SSSR count). The second-order valence-corrected chi connectivity index (χ2v) is 12.5. The molecule has 0 saturated heterocycles. The van der Waals surface area contributed by atoms with Crippen molar-refractivity contribution in [2.45, 2.75) is 56.1 Å². The Morgan fingerprint density at radius 3 is 2.54 bits per heavy atom. The van der Waals surface area contributed by atoms with Gasteiger partial charge in [0.05, 0.1) is 34.8 Å². The molecule has 196 valence electrons. The maximum Gasteiger partial charge on any atom is 0.229 e. The van der Waals surface area contributed by atoms with Gasteiger partial charge in [0, 0.05) is 11.1 Å². The molecule has 1 aromatic heterocycles. The number of hydrazone groups is 1. The summed E-state index contributed by atoms with van der Waals surface area (Å²) in [6.07, 6.45) is 3.02. The Kier molecular flexibility index (Phi) is 7.34. The van der Waals surface area contributed by atoms with Gasteiger partial charge in [-0.3, -0.25) is 0 Å². The number of nitrogens with two attached hydrogens (primary N) is 1. The number of para-hydroxylation sites is 1. The van der Waals surface area contributed by atoms with E-state index < -0.39 is 15.1 Å². The summed E-state index contributed by atoms with van der Waals surface area (Å²) >= 11 is 6.38. The SMILES string of the molecule is COc1cc2c(cc1Nc1ncc(Cl)c(Nc3ccccc3S(=O)(=O)C(C)C)n1)CC/C(=N\N)C2(C)C.